The largest absolute Gasteiger partial charge is 0.373 e. The van der Waals surface area contributed by atoms with Crippen molar-refractivity contribution in [2.24, 2.45) is 0 Å². The number of hydrogen-bond acceptors (Lipinski definition) is 5. The molecule has 1 fully saturated rings. The summed E-state index contributed by atoms with van der Waals surface area (Å²) in [4.78, 5) is 11.2. The lowest BCUT2D eigenvalue weighted by Gasteiger charge is -2.32. The second-order valence-corrected chi connectivity index (χ2v) is 6.01. The zero-order chi connectivity index (χ0) is 16.9. The second kappa shape index (κ2) is 7.68. The number of ether oxygens (including phenoxy) is 1. The maximum absolute atomic E-state index is 13.0. The topological polar surface area (TPSA) is 50.3 Å². The third-order valence-corrected chi connectivity index (χ3v) is 4.22. The van der Waals surface area contributed by atoms with E-state index < -0.39 is 0 Å². The van der Waals surface area contributed by atoms with Crippen molar-refractivity contribution in [3.63, 3.8) is 0 Å². The van der Waals surface area contributed by atoms with E-state index in [-0.39, 0.29) is 11.9 Å². The summed E-state index contributed by atoms with van der Waals surface area (Å²) < 4.78 is 18.9. The molecule has 0 spiro atoms. The molecule has 0 radical (unpaired) electrons. The maximum Gasteiger partial charge on any atom is 0.129 e. The lowest BCUT2D eigenvalue weighted by atomic mass is 10.1. The lowest BCUT2D eigenvalue weighted by molar-refractivity contribution is -0.0317. The first-order valence-corrected chi connectivity index (χ1v) is 8.26. The molecule has 0 unspecified atom stereocenters. The van der Waals surface area contributed by atoms with Crippen molar-refractivity contribution in [3.05, 3.63) is 53.2 Å². The highest BCUT2D eigenvalue weighted by atomic mass is 19.1. The van der Waals surface area contributed by atoms with Crippen LogP contribution >= 0.6 is 0 Å². The zero-order valence-corrected chi connectivity index (χ0v) is 14.1. The Labute approximate surface area is 141 Å². The SMILES string of the molecule is CNc1cc([C@H]2CN(CCc3ccc(F)cc3)CCO2)nc(C)n1. The fourth-order valence-corrected chi connectivity index (χ4v) is 2.91. The van der Waals surface area contributed by atoms with Gasteiger partial charge >= 0.3 is 0 Å². The van der Waals surface area contributed by atoms with E-state index in [0.717, 1.165) is 49.0 Å². The van der Waals surface area contributed by atoms with E-state index in [1.807, 2.05) is 32.2 Å². The van der Waals surface area contributed by atoms with Gasteiger partial charge in [-0.2, -0.15) is 0 Å². The van der Waals surface area contributed by atoms with Crippen LogP contribution in [0, 0.1) is 12.7 Å². The van der Waals surface area contributed by atoms with E-state index in [0.29, 0.717) is 6.61 Å². The number of benzene rings is 1. The van der Waals surface area contributed by atoms with Crippen molar-refractivity contribution in [1.82, 2.24) is 14.9 Å². The Kier molecular flexibility index (Phi) is 5.37. The minimum atomic E-state index is -0.190. The minimum Gasteiger partial charge on any atom is -0.373 e. The third-order valence-electron chi connectivity index (χ3n) is 4.22. The van der Waals surface area contributed by atoms with Crippen molar-refractivity contribution < 1.29 is 9.13 Å². The van der Waals surface area contributed by atoms with Gasteiger partial charge in [0.15, 0.2) is 0 Å². The molecule has 0 saturated carbocycles. The van der Waals surface area contributed by atoms with Crippen LogP contribution in [-0.2, 0) is 11.2 Å². The molecule has 1 saturated heterocycles. The first kappa shape index (κ1) is 16.8. The number of nitrogens with zero attached hydrogens (tertiary/aromatic N) is 3. The van der Waals surface area contributed by atoms with Crippen LogP contribution < -0.4 is 5.32 Å². The van der Waals surface area contributed by atoms with E-state index in [9.17, 15) is 4.39 Å². The Balaban J connectivity index is 1.61. The van der Waals surface area contributed by atoms with Crippen LogP contribution in [0.4, 0.5) is 10.2 Å². The van der Waals surface area contributed by atoms with Gasteiger partial charge in [-0.3, -0.25) is 4.90 Å². The molecule has 0 bridgehead atoms. The molecule has 6 heteroatoms. The van der Waals surface area contributed by atoms with Gasteiger partial charge in [0.2, 0.25) is 0 Å². The van der Waals surface area contributed by atoms with Crippen molar-refractivity contribution in [3.8, 4) is 0 Å². The molecule has 1 atom stereocenters. The summed E-state index contributed by atoms with van der Waals surface area (Å²) in [5.41, 5.74) is 2.06. The molecule has 2 aromatic rings. The van der Waals surface area contributed by atoms with Gasteiger partial charge in [0.25, 0.3) is 0 Å². The summed E-state index contributed by atoms with van der Waals surface area (Å²) in [7, 11) is 1.85. The average Bonchev–Trinajstić information content (AvgIpc) is 2.61. The van der Waals surface area contributed by atoms with Crippen LogP contribution in [0.2, 0.25) is 0 Å². The molecule has 128 valence electrons. The molecule has 1 aromatic carbocycles. The average molecular weight is 330 g/mol. The summed E-state index contributed by atoms with van der Waals surface area (Å²) in [6.45, 7) is 5.21. The van der Waals surface area contributed by atoms with Gasteiger partial charge in [-0.15, -0.1) is 0 Å². The van der Waals surface area contributed by atoms with Gasteiger partial charge in [-0.25, -0.2) is 14.4 Å². The number of halogens is 1. The van der Waals surface area contributed by atoms with Crippen molar-refractivity contribution in [2.45, 2.75) is 19.4 Å². The predicted molar refractivity (Wildman–Crippen MR) is 91.6 cm³/mol. The maximum atomic E-state index is 13.0. The first-order chi connectivity index (χ1) is 11.6. The fraction of sp³-hybridized carbons (Fsp3) is 0.444. The Hall–Kier alpha value is -2.05. The van der Waals surface area contributed by atoms with Crippen LogP contribution in [0.15, 0.2) is 30.3 Å². The van der Waals surface area contributed by atoms with E-state index in [1.54, 1.807) is 0 Å². The van der Waals surface area contributed by atoms with Crippen LogP contribution in [0.3, 0.4) is 0 Å². The number of nitrogens with one attached hydrogen (secondary N) is 1. The van der Waals surface area contributed by atoms with Crippen molar-refractivity contribution in [2.75, 3.05) is 38.6 Å². The number of aryl methyl sites for hydroxylation is 1. The predicted octanol–water partition coefficient (Wildman–Crippen LogP) is 2.58. The molecule has 1 aliphatic rings. The highest BCUT2D eigenvalue weighted by Crippen LogP contribution is 2.22. The molecule has 2 heterocycles. The summed E-state index contributed by atoms with van der Waals surface area (Å²) in [6.07, 6.45) is 0.859. The van der Waals surface area contributed by atoms with E-state index in [2.05, 4.69) is 20.2 Å². The van der Waals surface area contributed by atoms with Gasteiger partial charge in [0.05, 0.1) is 12.3 Å². The Morgan fingerprint density at radius 2 is 2.08 bits per heavy atom. The van der Waals surface area contributed by atoms with Gasteiger partial charge in [0, 0.05) is 32.7 Å². The molecule has 0 aliphatic carbocycles. The number of anilines is 1. The zero-order valence-electron chi connectivity index (χ0n) is 14.1. The molecular weight excluding hydrogens is 307 g/mol. The molecule has 3 rings (SSSR count). The normalized spacial score (nSPS) is 18.5. The molecular formula is C18H23FN4O. The van der Waals surface area contributed by atoms with Gasteiger partial charge < -0.3 is 10.1 Å². The van der Waals surface area contributed by atoms with Crippen LogP contribution in [0.1, 0.15) is 23.2 Å². The van der Waals surface area contributed by atoms with E-state index in [4.69, 9.17) is 4.74 Å². The standard InChI is InChI=1S/C18H23FN4O/c1-13-21-16(11-18(20-2)22-13)17-12-23(9-10-24-17)8-7-14-3-5-15(19)6-4-14/h3-6,11,17H,7-10,12H2,1-2H3,(H,20,21,22)/t17-/m1/s1. The van der Waals surface area contributed by atoms with Crippen molar-refractivity contribution in [1.29, 1.82) is 0 Å². The van der Waals surface area contributed by atoms with Crippen molar-refractivity contribution >= 4 is 5.82 Å². The molecule has 0 amide bonds. The summed E-state index contributed by atoms with van der Waals surface area (Å²) >= 11 is 0. The molecule has 5 nitrogen and oxygen atoms in total. The number of morpholine rings is 1. The summed E-state index contributed by atoms with van der Waals surface area (Å²) in [5.74, 6) is 1.36. The second-order valence-electron chi connectivity index (χ2n) is 6.01. The van der Waals surface area contributed by atoms with Gasteiger partial charge in [-0.1, -0.05) is 12.1 Å². The fourth-order valence-electron chi connectivity index (χ4n) is 2.91. The number of aromatic nitrogens is 2. The first-order valence-electron chi connectivity index (χ1n) is 8.26. The highest BCUT2D eigenvalue weighted by Gasteiger charge is 2.23. The van der Waals surface area contributed by atoms with Crippen LogP contribution in [0.25, 0.3) is 0 Å². The highest BCUT2D eigenvalue weighted by molar-refractivity contribution is 5.35. The van der Waals surface area contributed by atoms with Gasteiger partial charge in [0.1, 0.15) is 23.6 Å². The Bertz CT molecular complexity index is 677. The summed E-state index contributed by atoms with van der Waals surface area (Å²) in [5, 5.41) is 3.06. The quantitative estimate of drug-likeness (QED) is 0.913. The van der Waals surface area contributed by atoms with E-state index >= 15 is 0 Å². The van der Waals surface area contributed by atoms with E-state index in [1.165, 1.54) is 12.1 Å². The van der Waals surface area contributed by atoms with Gasteiger partial charge in [-0.05, 0) is 31.0 Å². The lowest BCUT2D eigenvalue weighted by Crippen LogP contribution is -2.39. The molecule has 24 heavy (non-hydrogen) atoms. The third kappa shape index (κ3) is 4.27. The number of hydrogen-bond donors (Lipinski definition) is 1. The molecule has 1 aromatic heterocycles. The molecule has 1 aliphatic heterocycles. The van der Waals surface area contributed by atoms with Crippen LogP contribution in [0.5, 0.6) is 0 Å². The Morgan fingerprint density at radius 1 is 1.29 bits per heavy atom. The minimum absolute atomic E-state index is 0.0410. The smallest absolute Gasteiger partial charge is 0.129 e. The monoisotopic (exact) mass is 330 g/mol. The number of rotatable bonds is 5. The van der Waals surface area contributed by atoms with Crippen LogP contribution in [-0.4, -0.2) is 48.2 Å². The summed E-state index contributed by atoms with van der Waals surface area (Å²) in [6, 6.07) is 8.67. The Morgan fingerprint density at radius 3 is 2.83 bits per heavy atom. The molecule has 1 N–H and O–H groups in total.